The van der Waals surface area contributed by atoms with Gasteiger partial charge in [-0.15, -0.1) is 0 Å². The summed E-state index contributed by atoms with van der Waals surface area (Å²) in [5.41, 5.74) is 5.48. The Kier molecular flexibility index (Phi) is 3.71. The maximum atomic E-state index is 11.6. The number of hydrogen-bond acceptors (Lipinski definition) is 3. The molecule has 0 spiro atoms. The van der Waals surface area contributed by atoms with E-state index < -0.39 is 0 Å². The third kappa shape index (κ3) is 3.27. The Balaban J connectivity index is 2.53. The standard InChI is InChI=1S/C10H18N4O/c1-7(2)6-12-10(15)8(3)14-5-4-9(11)13-14/h4-5,7-8H,6H2,1-3H3,(H2,11,13)(H,12,15). The van der Waals surface area contributed by atoms with Crippen LogP contribution in [0.4, 0.5) is 5.82 Å². The van der Waals surface area contributed by atoms with Crippen LogP contribution in [0.5, 0.6) is 0 Å². The van der Waals surface area contributed by atoms with Crippen molar-refractivity contribution < 1.29 is 4.79 Å². The highest BCUT2D eigenvalue weighted by Crippen LogP contribution is 2.06. The van der Waals surface area contributed by atoms with Crippen LogP contribution in [0.25, 0.3) is 0 Å². The van der Waals surface area contributed by atoms with Gasteiger partial charge in [0.2, 0.25) is 5.91 Å². The first-order valence-electron chi connectivity index (χ1n) is 5.09. The van der Waals surface area contributed by atoms with Crippen molar-refractivity contribution in [1.29, 1.82) is 0 Å². The lowest BCUT2D eigenvalue weighted by molar-refractivity contribution is -0.124. The zero-order chi connectivity index (χ0) is 11.4. The predicted octanol–water partition coefficient (Wildman–Crippen LogP) is 0.798. The Labute approximate surface area is 89.6 Å². The van der Waals surface area contributed by atoms with Gasteiger partial charge in [0.15, 0.2) is 0 Å². The minimum atomic E-state index is -0.318. The first-order valence-corrected chi connectivity index (χ1v) is 5.09. The van der Waals surface area contributed by atoms with Crippen LogP contribution in [0, 0.1) is 5.92 Å². The maximum Gasteiger partial charge on any atom is 0.244 e. The van der Waals surface area contributed by atoms with Gasteiger partial charge in [0.1, 0.15) is 11.9 Å². The Morgan fingerprint density at radius 2 is 2.27 bits per heavy atom. The largest absolute Gasteiger partial charge is 0.382 e. The minimum absolute atomic E-state index is 0.0354. The highest BCUT2D eigenvalue weighted by Gasteiger charge is 2.15. The van der Waals surface area contributed by atoms with Gasteiger partial charge < -0.3 is 11.1 Å². The first kappa shape index (κ1) is 11.6. The molecule has 1 aromatic heterocycles. The summed E-state index contributed by atoms with van der Waals surface area (Å²) in [6, 6.07) is 1.35. The summed E-state index contributed by atoms with van der Waals surface area (Å²) in [5.74, 6) is 0.842. The van der Waals surface area contributed by atoms with E-state index in [1.54, 1.807) is 23.9 Å². The van der Waals surface area contributed by atoms with E-state index in [1.165, 1.54) is 0 Å². The molecule has 15 heavy (non-hydrogen) atoms. The molecule has 84 valence electrons. The van der Waals surface area contributed by atoms with E-state index in [0.717, 1.165) is 0 Å². The molecule has 1 atom stereocenters. The van der Waals surface area contributed by atoms with Gasteiger partial charge in [0, 0.05) is 12.7 Å². The summed E-state index contributed by atoms with van der Waals surface area (Å²) in [7, 11) is 0. The molecule has 0 bridgehead atoms. The Morgan fingerprint density at radius 1 is 1.60 bits per heavy atom. The van der Waals surface area contributed by atoms with Gasteiger partial charge in [0.05, 0.1) is 0 Å². The molecule has 0 aliphatic carbocycles. The Hall–Kier alpha value is -1.52. The molecule has 1 aromatic rings. The number of nitrogen functional groups attached to an aromatic ring is 1. The number of nitrogens with zero attached hydrogens (tertiary/aromatic N) is 2. The number of nitrogens with one attached hydrogen (secondary N) is 1. The van der Waals surface area contributed by atoms with E-state index >= 15 is 0 Å². The van der Waals surface area contributed by atoms with E-state index in [0.29, 0.717) is 18.3 Å². The van der Waals surface area contributed by atoms with Crippen molar-refractivity contribution in [1.82, 2.24) is 15.1 Å². The fourth-order valence-corrected chi connectivity index (χ4v) is 1.14. The molecule has 5 nitrogen and oxygen atoms in total. The van der Waals surface area contributed by atoms with Crippen LogP contribution in [0.2, 0.25) is 0 Å². The lowest BCUT2D eigenvalue weighted by Crippen LogP contribution is -2.33. The summed E-state index contributed by atoms with van der Waals surface area (Å²) in [5, 5.41) is 6.84. The Bertz CT molecular complexity index is 332. The zero-order valence-corrected chi connectivity index (χ0v) is 9.40. The summed E-state index contributed by atoms with van der Waals surface area (Å²) in [6.07, 6.45) is 1.70. The lowest BCUT2D eigenvalue weighted by Gasteiger charge is -2.13. The highest BCUT2D eigenvalue weighted by atomic mass is 16.2. The fraction of sp³-hybridized carbons (Fsp3) is 0.600. The molecule has 1 heterocycles. The number of amides is 1. The normalized spacial score (nSPS) is 12.8. The number of rotatable bonds is 4. The van der Waals surface area contributed by atoms with E-state index in [9.17, 15) is 4.79 Å². The zero-order valence-electron chi connectivity index (χ0n) is 9.40. The minimum Gasteiger partial charge on any atom is -0.382 e. The summed E-state index contributed by atoms with van der Waals surface area (Å²) in [4.78, 5) is 11.6. The van der Waals surface area contributed by atoms with Crippen LogP contribution in [0.15, 0.2) is 12.3 Å². The number of carbonyl (C=O) groups excluding carboxylic acids is 1. The third-order valence-electron chi connectivity index (χ3n) is 2.09. The number of nitrogens with two attached hydrogens (primary N) is 1. The van der Waals surface area contributed by atoms with Crippen LogP contribution in [-0.2, 0) is 4.79 Å². The van der Waals surface area contributed by atoms with E-state index in [-0.39, 0.29) is 11.9 Å². The second kappa shape index (κ2) is 4.82. The molecule has 0 radical (unpaired) electrons. The molecule has 0 saturated heterocycles. The molecule has 1 rings (SSSR count). The van der Waals surface area contributed by atoms with Gasteiger partial charge in [-0.2, -0.15) is 5.10 Å². The lowest BCUT2D eigenvalue weighted by atomic mass is 10.2. The smallest absolute Gasteiger partial charge is 0.244 e. The SMILES string of the molecule is CC(C)CNC(=O)C(C)n1ccc(N)n1. The second-order valence-corrected chi connectivity index (χ2v) is 4.04. The first-order chi connectivity index (χ1) is 7.00. The van der Waals surface area contributed by atoms with Crippen molar-refractivity contribution in [2.75, 3.05) is 12.3 Å². The number of aromatic nitrogens is 2. The second-order valence-electron chi connectivity index (χ2n) is 4.04. The van der Waals surface area contributed by atoms with Crippen LogP contribution in [0.1, 0.15) is 26.8 Å². The van der Waals surface area contributed by atoms with Gasteiger partial charge >= 0.3 is 0 Å². The van der Waals surface area contributed by atoms with E-state index in [4.69, 9.17) is 5.73 Å². The van der Waals surface area contributed by atoms with Crippen molar-refractivity contribution in [3.63, 3.8) is 0 Å². The van der Waals surface area contributed by atoms with Crippen LogP contribution in [0.3, 0.4) is 0 Å². The number of anilines is 1. The summed E-state index contributed by atoms with van der Waals surface area (Å²) in [6.45, 7) is 6.58. The molecule has 0 aromatic carbocycles. The average molecular weight is 210 g/mol. The van der Waals surface area contributed by atoms with Gasteiger partial charge in [-0.25, -0.2) is 0 Å². The third-order valence-corrected chi connectivity index (χ3v) is 2.09. The van der Waals surface area contributed by atoms with Crippen LogP contribution >= 0.6 is 0 Å². The highest BCUT2D eigenvalue weighted by molar-refractivity contribution is 5.79. The molecule has 1 amide bonds. The van der Waals surface area contributed by atoms with Crippen molar-refractivity contribution >= 4 is 11.7 Å². The van der Waals surface area contributed by atoms with Crippen molar-refractivity contribution in [2.24, 2.45) is 5.92 Å². The van der Waals surface area contributed by atoms with Crippen LogP contribution in [-0.4, -0.2) is 22.2 Å². The van der Waals surface area contributed by atoms with E-state index in [2.05, 4.69) is 24.3 Å². The molecule has 5 heteroatoms. The molecule has 0 aliphatic rings. The molecule has 0 fully saturated rings. The molecular weight excluding hydrogens is 192 g/mol. The molecule has 0 saturated carbocycles. The Morgan fingerprint density at radius 3 is 2.73 bits per heavy atom. The fourth-order valence-electron chi connectivity index (χ4n) is 1.14. The van der Waals surface area contributed by atoms with E-state index in [1.807, 2.05) is 0 Å². The molecule has 1 unspecified atom stereocenters. The van der Waals surface area contributed by atoms with Gasteiger partial charge in [0.25, 0.3) is 0 Å². The predicted molar refractivity (Wildman–Crippen MR) is 59.2 cm³/mol. The molecular formula is C10H18N4O. The number of carbonyl (C=O) groups is 1. The van der Waals surface area contributed by atoms with Crippen molar-refractivity contribution in [3.8, 4) is 0 Å². The molecule has 0 aliphatic heterocycles. The quantitative estimate of drug-likeness (QED) is 0.772. The average Bonchev–Trinajstić information content (AvgIpc) is 2.60. The van der Waals surface area contributed by atoms with Crippen LogP contribution < -0.4 is 11.1 Å². The van der Waals surface area contributed by atoms with Gasteiger partial charge in [-0.3, -0.25) is 9.48 Å². The number of hydrogen-bond donors (Lipinski definition) is 2. The maximum absolute atomic E-state index is 11.6. The monoisotopic (exact) mass is 210 g/mol. The van der Waals surface area contributed by atoms with Crippen molar-refractivity contribution in [2.45, 2.75) is 26.8 Å². The topological polar surface area (TPSA) is 72.9 Å². The summed E-state index contributed by atoms with van der Waals surface area (Å²) < 4.78 is 1.56. The van der Waals surface area contributed by atoms with Gasteiger partial charge in [-0.05, 0) is 18.9 Å². The summed E-state index contributed by atoms with van der Waals surface area (Å²) >= 11 is 0. The van der Waals surface area contributed by atoms with Crippen molar-refractivity contribution in [3.05, 3.63) is 12.3 Å². The van der Waals surface area contributed by atoms with Gasteiger partial charge in [-0.1, -0.05) is 13.8 Å². The molecule has 3 N–H and O–H groups in total.